The number of nitrogens with one attached hydrogen (secondary N) is 1. The minimum Gasteiger partial charge on any atom is -0.360 e. The first-order chi connectivity index (χ1) is 15.9. The number of hydrogen-bond donors (Lipinski definition) is 1. The molecule has 1 aliphatic carbocycles. The number of nitrogens with zero attached hydrogens (tertiary/aromatic N) is 1. The molecule has 1 saturated carbocycles. The zero-order valence-electron chi connectivity index (χ0n) is 18.4. The second-order valence-corrected chi connectivity index (χ2v) is 9.75. The number of benzene rings is 2. The molecule has 1 N–H and O–H groups in total. The second kappa shape index (κ2) is 10.6. The number of ketones is 1. The van der Waals surface area contributed by atoms with Crippen LogP contribution in [0, 0.1) is 22.2 Å². The highest BCUT2D eigenvalue weighted by Crippen LogP contribution is 2.33. The Hall–Kier alpha value is -2.55. The molecule has 3 aromatic rings. The van der Waals surface area contributed by atoms with Crippen molar-refractivity contribution in [2.45, 2.75) is 51.5 Å². The molecule has 7 heteroatoms. The Morgan fingerprint density at radius 1 is 1.15 bits per heavy atom. The summed E-state index contributed by atoms with van der Waals surface area (Å²) in [6.45, 7) is 1.66. The topological polar surface area (TPSA) is 72.2 Å². The lowest BCUT2D eigenvalue weighted by Crippen LogP contribution is -2.38. The first kappa shape index (κ1) is 23.6. The van der Waals surface area contributed by atoms with Crippen LogP contribution in [-0.2, 0) is 0 Å². The predicted molar refractivity (Wildman–Crippen MR) is 133 cm³/mol. The number of Topliss-reactive ketones (excluding diaryl/α,β-unsaturated/α-hetero) is 1. The van der Waals surface area contributed by atoms with Crippen molar-refractivity contribution in [1.82, 2.24) is 10.5 Å². The van der Waals surface area contributed by atoms with Gasteiger partial charge in [0.15, 0.2) is 5.78 Å². The van der Waals surface area contributed by atoms with E-state index in [2.05, 4.69) is 10.5 Å². The average molecular weight is 560 g/mol. The third-order valence-electron chi connectivity index (χ3n) is 6.28. The van der Waals surface area contributed by atoms with Crippen LogP contribution in [-0.4, -0.2) is 22.9 Å². The van der Waals surface area contributed by atoms with Crippen LogP contribution < -0.4 is 5.32 Å². The van der Waals surface area contributed by atoms with Gasteiger partial charge in [0, 0.05) is 21.6 Å². The highest BCUT2D eigenvalue weighted by Gasteiger charge is 2.29. The summed E-state index contributed by atoms with van der Waals surface area (Å²) in [4.78, 5) is 25.6. The van der Waals surface area contributed by atoms with E-state index < -0.39 is 5.82 Å². The molecule has 2 aromatic carbocycles. The molecule has 0 bridgehead atoms. The maximum atomic E-state index is 14.5. The Labute approximate surface area is 206 Å². The number of amides is 1. The van der Waals surface area contributed by atoms with Gasteiger partial charge in [0.2, 0.25) is 0 Å². The van der Waals surface area contributed by atoms with E-state index in [0.29, 0.717) is 21.7 Å². The van der Waals surface area contributed by atoms with Crippen LogP contribution in [0.25, 0.3) is 11.3 Å². The minimum absolute atomic E-state index is 0.00456. The summed E-state index contributed by atoms with van der Waals surface area (Å²) in [7, 11) is 0. The van der Waals surface area contributed by atoms with Crippen LogP contribution in [0.1, 0.15) is 65.0 Å². The number of aromatic nitrogens is 1. The first-order valence-corrected chi connectivity index (χ1v) is 12.3. The van der Waals surface area contributed by atoms with Crippen molar-refractivity contribution in [3.63, 3.8) is 0 Å². The van der Waals surface area contributed by atoms with Crippen LogP contribution >= 0.6 is 22.6 Å². The summed E-state index contributed by atoms with van der Waals surface area (Å²) in [5.74, 6) is 0.166. The van der Waals surface area contributed by atoms with Crippen LogP contribution in [0.4, 0.5) is 4.39 Å². The molecule has 1 heterocycles. The van der Waals surface area contributed by atoms with Crippen LogP contribution in [0.5, 0.6) is 0 Å². The van der Waals surface area contributed by atoms with Gasteiger partial charge in [0.1, 0.15) is 22.8 Å². The molecule has 1 amide bonds. The SMILES string of the molecule is Cc1onc(-c2c(F)cccc2I)c1C(=O)N[C@H]1CCC[C@@H](CCC(=O)c2ccccc2)C1. The van der Waals surface area contributed by atoms with Gasteiger partial charge in [-0.3, -0.25) is 9.59 Å². The molecule has 172 valence electrons. The second-order valence-electron chi connectivity index (χ2n) is 8.59. The molecule has 0 spiro atoms. The minimum atomic E-state index is -0.440. The lowest BCUT2D eigenvalue weighted by atomic mass is 9.82. The van der Waals surface area contributed by atoms with Crippen molar-refractivity contribution in [2.24, 2.45) is 5.92 Å². The van der Waals surface area contributed by atoms with Crippen molar-refractivity contribution in [1.29, 1.82) is 0 Å². The Morgan fingerprint density at radius 3 is 2.70 bits per heavy atom. The lowest BCUT2D eigenvalue weighted by molar-refractivity contribution is 0.0906. The molecular weight excluding hydrogens is 534 g/mol. The molecule has 0 radical (unpaired) electrons. The van der Waals surface area contributed by atoms with E-state index in [1.54, 1.807) is 19.1 Å². The quantitative estimate of drug-likeness (QED) is 0.270. The largest absolute Gasteiger partial charge is 0.360 e. The van der Waals surface area contributed by atoms with Crippen LogP contribution in [0.3, 0.4) is 0 Å². The first-order valence-electron chi connectivity index (χ1n) is 11.2. The van der Waals surface area contributed by atoms with Crippen molar-refractivity contribution < 1.29 is 18.5 Å². The summed E-state index contributed by atoms with van der Waals surface area (Å²) in [6.07, 6.45) is 5.08. The maximum absolute atomic E-state index is 14.5. The predicted octanol–water partition coefficient (Wildman–Crippen LogP) is 6.35. The summed E-state index contributed by atoms with van der Waals surface area (Å²) in [5, 5.41) is 7.11. The molecule has 0 unspecified atom stereocenters. The fourth-order valence-corrected chi connectivity index (χ4v) is 5.30. The van der Waals surface area contributed by atoms with Gasteiger partial charge in [-0.1, -0.05) is 54.4 Å². The lowest BCUT2D eigenvalue weighted by Gasteiger charge is -2.29. The van der Waals surface area contributed by atoms with Gasteiger partial charge in [-0.2, -0.15) is 0 Å². The standard InChI is InChI=1S/C26H26FIN2O3/c1-16-23(25(30-33-16)24-20(27)11-6-12-21(24)28)26(32)29-19-10-5-7-17(15-19)13-14-22(31)18-8-3-2-4-9-18/h2-4,6,8-9,11-12,17,19H,5,7,10,13-15H2,1H3,(H,29,32)/t17-,19-/m0/s1. The van der Waals surface area contributed by atoms with E-state index in [0.717, 1.165) is 37.7 Å². The Balaban J connectivity index is 1.41. The number of halogens is 2. The van der Waals surface area contributed by atoms with Gasteiger partial charge in [-0.05, 0) is 66.8 Å². The smallest absolute Gasteiger partial charge is 0.257 e. The fraction of sp³-hybridized carbons (Fsp3) is 0.346. The maximum Gasteiger partial charge on any atom is 0.257 e. The van der Waals surface area contributed by atoms with E-state index in [1.807, 2.05) is 52.9 Å². The summed E-state index contributed by atoms with van der Waals surface area (Å²) < 4.78 is 20.5. The molecule has 1 aromatic heterocycles. The van der Waals surface area contributed by atoms with Gasteiger partial charge in [-0.15, -0.1) is 0 Å². The van der Waals surface area contributed by atoms with Crippen molar-refractivity contribution >= 4 is 34.3 Å². The molecule has 1 aliphatic rings. The van der Waals surface area contributed by atoms with Gasteiger partial charge in [0.05, 0.1) is 5.56 Å². The highest BCUT2D eigenvalue weighted by atomic mass is 127. The molecule has 33 heavy (non-hydrogen) atoms. The van der Waals surface area contributed by atoms with E-state index in [1.165, 1.54) is 6.07 Å². The molecule has 4 rings (SSSR count). The van der Waals surface area contributed by atoms with Crippen LogP contribution in [0.15, 0.2) is 53.1 Å². The fourth-order valence-electron chi connectivity index (χ4n) is 4.58. The Bertz CT molecular complexity index is 1130. The number of hydrogen-bond acceptors (Lipinski definition) is 4. The summed E-state index contributed by atoms with van der Waals surface area (Å²) in [5.41, 5.74) is 1.53. The highest BCUT2D eigenvalue weighted by molar-refractivity contribution is 14.1. The molecule has 0 saturated heterocycles. The van der Waals surface area contributed by atoms with E-state index >= 15 is 0 Å². The third kappa shape index (κ3) is 5.51. The Morgan fingerprint density at radius 2 is 1.94 bits per heavy atom. The molecule has 1 fully saturated rings. The van der Waals surface area contributed by atoms with E-state index in [4.69, 9.17) is 4.52 Å². The molecule has 2 atom stereocenters. The van der Waals surface area contributed by atoms with Gasteiger partial charge in [-0.25, -0.2) is 4.39 Å². The number of rotatable bonds is 7. The van der Waals surface area contributed by atoms with E-state index in [-0.39, 0.29) is 34.6 Å². The average Bonchev–Trinajstić information content (AvgIpc) is 3.19. The van der Waals surface area contributed by atoms with Crippen molar-refractivity contribution in [3.05, 3.63) is 74.8 Å². The van der Waals surface area contributed by atoms with Gasteiger partial charge >= 0.3 is 0 Å². The summed E-state index contributed by atoms with van der Waals surface area (Å²) in [6, 6.07) is 14.1. The molecule has 0 aliphatic heterocycles. The zero-order valence-corrected chi connectivity index (χ0v) is 20.6. The van der Waals surface area contributed by atoms with Crippen molar-refractivity contribution in [3.8, 4) is 11.3 Å². The Kier molecular flexibility index (Phi) is 7.57. The molecular formula is C26H26FIN2O3. The molecule has 5 nitrogen and oxygen atoms in total. The zero-order chi connectivity index (χ0) is 23.4. The van der Waals surface area contributed by atoms with Gasteiger partial charge in [0.25, 0.3) is 5.91 Å². The monoisotopic (exact) mass is 560 g/mol. The number of carbonyl (C=O) groups excluding carboxylic acids is 2. The third-order valence-corrected chi connectivity index (χ3v) is 7.18. The van der Waals surface area contributed by atoms with Crippen LogP contribution in [0.2, 0.25) is 0 Å². The van der Waals surface area contributed by atoms with Crippen molar-refractivity contribution in [2.75, 3.05) is 0 Å². The van der Waals surface area contributed by atoms with E-state index in [9.17, 15) is 14.0 Å². The number of carbonyl (C=O) groups is 2. The number of aryl methyl sites for hydroxylation is 1. The normalized spacial score (nSPS) is 18.2. The van der Waals surface area contributed by atoms with Gasteiger partial charge < -0.3 is 9.84 Å². The summed E-state index contributed by atoms with van der Waals surface area (Å²) >= 11 is 2.03.